The fourth-order valence-electron chi connectivity index (χ4n) is 3.32. The molecule has 0 spiro atoms. The average molecular weight is 445 g/mol. The summed E-state index contributed by atoms with van der Waals surface area (Å²) in [6.07, 6.45) is 1.37. The monoisotopic (exact) mass is 444 g/mol. The normalized spacial score (nSPS) is 11.7. The Kier molecular flexibility index (Phi) is 4.83. The number of H-pyrrole nitrogens is 1. The summed E-state index contributed by atoms with van der Waals surface area (Å²) in [4.78, 5) is 14.6. The van der Waals surface area contributed by atoms with E-state index >= 15 is 0 Å². The molecule has 0 saturated heterocycles. The van der Waals surface area contributed by atoms with Crippen molar-refractivity contribution in [1.82, 2.24) is 8.96 Å². The molecule has 2 aromatic carbocycles. The number of methoxy groups -OCH3 is 1. The summed E-state index contributed by atoms with van der Waals surface area (Å²) in [5.74, 6) is 0.0127. The summed E-state index contributed by atoms with van der Waals surface area (Å²) in [5.41, 5.74) is 1.31. The lowest BCUT2D eigenvalue weighted by Gasteiger charge is -2.14. The van der Waals surface area contributed by atoms with E-state index in [4.69, 9.17) is 16.3 Å². The number of hydrogen-bond acceptors (Lipinski definition) is 5. The molecule has 0 aliphatic rings. The van der Waals surface area contributed by atoms with Crippen LogP contribution in [0.1, 0.15) is 5.56 Å². The number of hydrogen-bond donors (Lipinski definition) is 2. The van der Waals surface area contributed by atoms with Crippen LogP contribution in [0.15, 0.2) is 64.4 Å². The highest BCUT2D eigenvalue weighted by atomic mass is 35.5. The lowest BCUT2D eigenvalue weighted by Crippen LogP contribution is -2.13. The van der Waals surface area contributed by atoms with Gasteiger partial charge in [-0.15, -0.1) is 0 Å². The highest BCUT2D eigenvalue weighted by Crippen LogP contribution is 2.39. The summed E-state index contributed by atoms with van der Waals surface area (Å²) in [5, 5.41) is 10.7. The van der Waals surface area contributed by atoms with Crippen molar-refractivity contribution in [2.45, 2.75) is 11.8 Å². The van der Waals surface area contributed by atoms with E-state index in [1.807, 2.05) is 6.92 Å². The summed E-state index contributed by atoms with van der Waals surface area (Å²) in [6.45, 7) is 1.87. The minimum absolute atomic E-state index is 0.112. The number of aromatic amines is 1. The maximum absolute atomic E-state index is 13.3. The Hall–Kier alpha value is -3.23. The maximum atomic E-state index is 13.3. The van der Waals surface area contributed by atoms with Crippen LogP contribution in [0.25, 0.3) is 22.2 Å². The smallest absolute Gasteiger partial charge is 0.268 e. The molecule has 0 bridgehead atoms. The number of halogens is 1. The van der Waals surface area contributed by atoms with E-state index in [1.165, 1.54) is 31.5 Å². The third-order valence-corrected chi connectivity index (χ3v) is 6.75. The van der Waals surface area contributed by atoms with Crippen LogP contribution in [-0.4, -0.2) is 29.6 Å². The van der Waals surface area contributed by atoms with Gasteiger partial charge in [0.25, 0.3) is 15.6 Å². The van der Waals surface area contributed by atoms with Gasteiger partial charge in [0.2, 0.25) is 0 Å². The third-order valence-electron chi connectivity index (χ3n) is 4.76. The first-order chi connectivity index (χ1) is 14.2. The zero-order chi connectivity index (χ0) is 21.6. The topological polar surface area (TPSA) is 101 Å². The van der Waals surface area contributed by atoms with Crippen LogP contribution >= 0.6 is 11.6 Å². The number of ether oxygens (including phenoxy) is 1. The highest BCUT2D eigenvalue weighted by Gasteiger charge is 2.24. The molecule has 2 N–H and O–H groups in total. The van der Waals surface area contributed by atoms with E-state index in [-0.39, 0.29) is 32.6 Å². The largest absolute Gasteiger partial charge is 0.507 e. The van der Waals surface area contributed by atoms with Gasteiger partial charge in [-0.25, -0.2) is 12.4 Å². The average Bonchev–Trinajstić information content (AvgIpc) is 3.09. The van der Waals surface area contributed by atoms with Crippen LogP contribution in [0.2, 0.25) is 5.02 Å². The molecule has 0 unspecified atom stereocenters. The van der Waals surface area contributed by atoms with Crippen LogP contribution in [0.3, 0.4) is 0 Å². The Balaban J connectivity index is 1.99. The molecule has 0 saturated carbocycles. The van der Waals surface area contributed by atoms with E-state index in [1.54, 1.807) is 24.3 Å². The second kappa shape index (κ2) is 7.23. The van der Waals surface area contributed by atoms with Gasteiger partial charge in [-0.3, -0.25) is 4.79 Å². The lowest BCUT2D eigenvalue weighted by atomic mass is 10.1. The molecule has 30 heavy (non-hydrogen) atoms. The molecule has 0 radical (unpaired) electrons. The lowest BCUT2D eigenvalue weighted by molar-refractivity contribution is 0.416. The molecular formula is C21H17ClN2O5S. The molecule has 2 aromatic heterocycles. The predicted octanol–water partition coefficient (Wildman–Crippen LogP) is 3.91. The van der Waals surface area contributed by atoms with E-state index in [0.29, 0.717) is 10.9 Å². The van der Waals surface area contributed by atoms with Crippen LogP contribution in [0.5, 0.6) is 11.5 Å². The predicted molar refractivity (Wildman–Crippen MR) is 115 cm³/mol. The van der Waals surface area contributed by atoms with E-state index < -0.39 is 15.6 Å². The Labute approximate surface area is 177 Å². The SMILES string of the molecule is COc1cc(-c2c(Cl)ccn2S(=O)(=O)c2ccc(C)cc2)cc2[nH]c(=O)cc(O)c12. The Morgan fingerprint density at radius 3 is 2.47 bits per heavy atom. The first-order valence-electron chi connectivity index (χ1n) is 8.86. The molecule has 0 fully saturated rings. The number of aromatic nitrogens is 2. The Morgan fingerprint density at radius 1 is 1.10 bits per heavy atom. The maximum Gasteiger partial charge on any atom is 0.268 e. The van der Waals surface area contributed by atoms with Gasteiger partial charge in [-0.1, -0.05) is 29.3 Å². The minimum atomic E-state index is -3.93. The summed E-state index contributed by atoms with van der Waals surface area (Å²) < 4.78 is 33.0. The molecule has 4 aromatic rings. The van der Waals surface area contributed by atoms with Crippen LogP contribution < -0.4 is 10.3 Å². The Bertz CT molecular complexity index is 1440. The number of aromatic hydroxyl groups is 1. The zero-order valence-electron chi connectivity index (χ0n) is 16.0. The number of fused-ring (bicyclic) bond motifs is 1. The van der Waals surface area contributed by atoms with Crippen molar-refractivity contribution in [3.63, 3.8) is 0 Å². The molecule has 4 rings (SSSR count). The van der Waals surface area contributed by atoms with Gasteiger partial charge < -0.3 is 14.8 Å². The van der Waals surface area contributed by atoms with Crippen molar-refractivity contribution in [1.29, 1.82) is 0 Å². The van der Waals surface area contributed by atoms with Gasteiger partial charge in [0.05, 0.1) is 33.6 Å². The first-order valence-corrected chi connectivity index (χ1v) is 10.7. The second-order valence-electron chi connectivity index (χ2n) is 6.75. The van der Waals surface area contributed by atoms with Gasteiger partial charge in [0.15, 0.2) is 0 Å². The molecule has 2 heterocycles. The van der Waals surface area contributed by atoms with Crippen molar-refractivity contribution in [2.75, 3.05) is 7.11 Å². The number of nitrogens with zero attached hydrogens (tertiary/aromatic N) is 1. The van der Waals surface area contributed by atoms with E-state index in [0.717, 1.165) is 15.6 Å². The quantitative estimate of drug-likeness (QED) is 0.497. The van der Waals surface area contributed by atoms with Gasteiger partial charge >= 0.3 is 0 Å². The third kappa shape index (κ3) is 3.24. The van der Waals surface area contributed by atoms with Gasteiger partial charge in [-0.2, -0.15) is 0 Å². The molecule has 0 aliphatic heterocycles. The Morgan fingerprint density at radius 2 is 1.80 bits per heavy atom. The van der Waals surface area contributed by atoms with Gasteiger partial charge in [0.1, 0.15) is 11.5 Å². The van der Waals surface area contributed by atoms with Crippen molar-refractivity contribution < 1.29 is 18.3 Å². The molecule has 7 nitrogen and oxygen atoms in total. The standard InChI is InChI=1S/C21H17ClN2O5S/c1-12-3-5-14(6-4-12)30(27,28)24-8-7-15(22)21(24)13-9-16-20(18(10-13)29-2)17(25)11-19(26)23-16/h3-11H,1-2H3,(H2,23,25,26). The van der Waals surface area contributed by atoms with Gasteiger partial charge in [-0.05, 0) is 37.3 Å². The van der Waals surface area contributed by atoms with Crippen molar-refractivity contribution in [3.05, 3.63) is 75.7 Å². The number of benzene rings is 2. The number of aryl methyl sites for hydroxylation is 1. The van der Waals surface area contributed by atoms with Gasteiger partial charge in [0, 0.05) is 17.8 Å². The highest BCUT2D eigenvalue weighted by molar-refractivity contribution is 7.90. The fraction of sp³-hybridized carbons (Fsp3) is 0.0952. The first kappa shape index (κ1) is 20.1. The van der Waals surface area contributed by atoms with Crippen molar-refractivity contribution in [3.8, 4) is 22.8 Å². The summed E-state index contributed by atoms with van der Waals surface area (Å²) in [6, 6.07) is 12.1. The molecule has 0 atom stereocenters. The number of rotatable bonds is 4. The van der Waals surface area contributed by atoms with E-state index in [2.05, 4.69) is 4.98 Å². The number of nitrogens with one attached hydrogen (secondary N) is 1. The molecule has 0 amide bonds. The molecule has 9 heteroatoms. The number of pyridine rings is 1. The molecular weight excluding hydrogens is 428 g/mol. The van der Waals surface area contributed by atoms with Crippen LogP contribution in [0, 0.1) is 6.92 Å². The molecule has 154 valence electrons. The van der Waals surface area contributed by atoms with Crippen LogP contribution in [-0.2, 0) is 10.0 Å². The minimum Gasteiger partial charge on any atom is -0.507 e. The fourth-order valence-corrected chi connectivity index (χ4v) is 5.00. The van der Waals surface area contributed by atoms with Crippen molar-refractivity contribution in [2.24, 2.45) is 0 Å². The second-order valence-corrected chi connectivity index (χ2v) is 8.97. The van der Waals surface area contributed by atoms with Crippen LogP contribution in [0.4, 0.5) is 0 Å². The molecule has 0 aliphatic carbocycles. The summed E-state index contributed by atoms with van der Waals surface area (Å²) in [7, 11) is -2.52. The van der Waals surface area contributed by atoms with Crippen molar-refractivity contribution >= 4 is 32.5 Å². The summed E-state index contributed by atoms with van der Waals surface area (Å²) >= 11 is 6.36. The van der Waals surface area contributed by atoms with E-state index in [9.17, 15) is 18.3 Å². The zero-order valence-corrected chi connectivity index (χ0v) is 17.6.